The zero-order valence-corrected chi connectivity index (χ0v) is 9.09. The second kappa shape index (κ2) is 3.56. The molecule has 3 rings (SSSR count). The van der Waals surface area contributed by atoms with E-state index in [1.165, 1.54) is 10.9 Å². The Hall–Kier alpha value is -1.97. The Morgan fingerprint density at radius 1 is 1.19 bits per heavy atom. The molecule has 0 fully saturated rings. The zero-order valence-electron chi connectivity index (χ0n) is 9.09. The summed E-state index contributed by atoms with van der Waals surface area (Å²) in [6.45, 7) is 2.18. The number of hydrogen-bond acceptors (Lipinski definition) is 3. The van der Waals surface area contributed by atoms with Crippen LogP contribution in [0, 0.1) is 0 Å². The first-order valence-corrected chi connectivity index (χ1v) is 5.49. The molecular formula is C12H12N4. The van der Waals surface area contributed by atoms with Crippen molar-refractivity contribution < 1.29 is 0 Å². The van der Waals surface area contributed by atoms with Crippen molar-refractivity contribution in [3.63, 3.8) is 0 Å². The Bertz CT molecular complexity index is 642. The molecule has 16 heavy (non-hydrogen) atoms. The van der Waals surface area contributed by atoms with Gasteiger partial charge in [-0.15, -0.1) is 5.10 Å². The number of benzene rings is 1. The van der Waals surface area contributed by atoms with Gasteiger partial charge < -0.3 is 0 Å². The van der Waals surface area contributed by atoms with E-state index >= 15 is 0 Å². The molecule has 2 heterocycles. The maximum absolute atomic E-state index is 4.05. The average Bonchev–Trinajstić information content (AvgIpc) is 2.77. The molecule has 3 aromatic rings. The first-order valence-electron chi connectivity index (χ1n) is 5.49. The number of pyridine rings is 1. The maximum Gasteiger partial charge on any atom is 0.179 e. The molecule has 0 atom stereocenters. The van der Waals surface area contributed by atoms with Crippen LogP contribution in [0.3, 0.4) is 0 Å². The predicted octanol–water partition coefficient (Wildman–Crippen LogP) is 2.23. The third-order valence-electron chi connectivity index (χ3n) is 2.79. The van der Waals surface area contributed by atoms with E-state index in [9.17, 15) is 0 Å². The van der Waals surface area contributed by atoms with Gasteiger partial charge in [-0.05, 0) is 34.5 Å². The lowest BCUT2D eigenvalue weighted by atomic mass is 10.1. The van der Waals surface area contributed by atoms with E-state index < -0.39 is 0 Å². The Morgan fingerprint density at radius 2 is 2.12 bits per heavy atom. The summed E-state index contributed by atoms with van der Waals surface area (Å²) in [5.74, 6) is 0. The van der Waals surface area contributed by atoms with E-state index in [0.717, 1.165) is 24.0 Å². The van der Waals surface area contributed by atoms with Crippen molar-refractivity contribution in [1.82, 2.24) is 20.0 Å². The molecule has 80 valence electrons. The van der Waals surface area contributed by atoms with Gasteiger partial charge in [0.15, 0.2) is 5.65 Å². The van der Waals surface area contributed by atoms with Crippen LogP contribution in [0.2, 0.25) is 0 Å². The third kappa shape index (κ3) is 1.26. The number of nitrogens with zero attached hydrogens (tertiary/aromatic N) is 4. The number of para-hydroxylation sites is 1. The Morgan fingerprint density at radius 3 is 3.00 bits per heavy atom. The van der Waals surface area contributed by atoms with Crippen LogP contribution in [0.15, 0.2) is 30.3 Å². The van der Waals surface area contributed by atoms with Gasteiger partial charge in [-0.1, -0.05) is 31.5 Å². The molecule has 0 saturated carbocycles. The minimum atomic E-state index is 0.802. The molecule has 0 radical (unpaired) electrons. The molecular weight excluding hydrogens is 200 g/mol. The number of hydrogen-bond donors (Lipinski definition) is 0. The van der Waals surface area contributed by atoms with Crippen LogP contribution in [0.25, 0.3) is 16.6 Å². The summed E-state index contributed by atoms with van der Waals surface area (Å²) in [5.41, 5.74) is 3.24. The van der Waals surface area contributed by atoms with Crippen molar-refractivity contribution >= 4 is 16.6 Å². The monoisotopic (exact) mass is 212 g/mol. The molecule has 2 aromatic heterocycles. The highest BCUT2D eigenvalue weighted by atomic mass is 15.5. The van der Waals surface area contributed by atoms with Gasteiger partial charge >= 0.3 is 0 Å². The van der Waals surface area contributed by atoms with Gasteiger partial charge in [0.25, 0.3) is 0 Å². The smallest absolute Gasteiger partial charge is 0.179 e. The van der Waals surface area contributed by atoms with Gasteiger partial charge in [-0.2, -0.15) is 4.52 Å². The largest absolute Gasteiger partial charge is 0.193 e. The van der Waals surface area contributed by atoms with E-state index in [1.807, 2.05) is 10.6 Å². The summed E-state index contributed by atoms with van der Waals surface area (Å²) in [7, 11) is 0. The molecule has 0 saturated heterocycles. The summed E-state index contributed by atoms with van der Waals surface area (Å²) >= 11 is 0. The van der Waals surface area contributed by atoms with Crippen LogP contribution in [-0.2, 0) is 6.42 Å². The van der Waals surface area contributed by atoms with E-state index in [1.54, 1.807) is 0 Å². The van der Waals surface area contributed by atoms with Crippen molar-refractivity contribution in [2.24, 2.45) is 0 Å². The standard InChI is InChI=1S/C12H12N4/c1-2-4-9-5-3-6-10-7-8-11-13-14-15-16(11)12(9)10/h3,5-8H,2,4H2,1H3. The highest BCUT2D eigenvalue weighted by Crippen LogP contribution is 2.20. The fourth-order valence-corrected chi connectivity index (χ4v) is 2.10. The van der Waals surface area contributed by atoms with Crippen LogP contribution in [0.1, 0.15) is 18.9 Å². The van der Waals surface area contributed by atoms with Crippen LogP contribution in [-0.4, -0.2) is 20.0 Å². The average molecular weight is 212 g/mol. The number of tetrazole rings is 1. The lowest BCUT2D eigenvalue weighted by molar-refractivity contribution is 0.834. The summed E-state index contributed by atoms with van der Waals surface area (Å²) in [5, 5.41) is 12.9. The Kier molecular flexibility index (Phi) is 2.06. The van der Waals surface area contributed by atoms with Crippen molar-refractivity contribution in [1.29, 1.82) is 0 Å². The molecule has 4 heteroatoms. The molecule has 0 bridgehead atoms. The highest BCUT2D eigenvalue weighted by molar-refractivity contribution is 5.84. The van der Waals surface area contributed by atoms with Gasteiger partial charge in [0.1, 0.15) is 0 Å². The van der Waals surface area contributed by atoms with E-state index in [2.05, 4.69) is 46.7 Å². The normalized spacial score (nSPS) is 11.3. The number of aromatic nitrogens is 4. The highest BCUT2D eigenvalue weighted by Gasteiger charge is 2.06. The summed E-state index contributed by atoms with van der Waals surface area (Å²) in [4.78, 5) is 0. The molecule has 0 aliphatic carbocycles. The molecule has 0 unspecified atom stereocenters. The van der Waals surface area contributed by atoms with Gasteiger partial charge in [0.2, 0.25) is 0 Å². The minimum Gasteiger partial charge on any atom is -0.193 e. The summed E-state index contributed by atoms with van der Waals surface area (Å²) < 4.78 is 1.82. The maximum atomic E-state index is 4.05. The van der Waals surface area contributed by atoms with Crippen molar-refractivity contribution in [3.05, 3.63) is 35.9 Å². The second-order valence-electron chi connectivity index (χ2n) is 3.89. The van der Waals surface area contributed by atoms with Gasteiger partial charge in [0.05, 0.1) is 5.52 Å². The first kappa shape index (κ1) is 9.27. The Labute approximate surface area is 92.9 Å². The predicted molar refractivity (Wildman–Crippen MR) is 62.3 cm³/mol. The number of aryl methyl sites for hydroxylation is 1. The number of rotatable bonds is 2. The SMILES string of the molecule is CCCc1cccc2ccc3nnnn3c12. The molecule has 0 N–H and O–H groups in total. The van der Waals surface area contributed by atoms with Gasteiger partial charge in [0, 0.05) is 5.39 Å². The van der Waals surface area contributed by atoms with Crippen LogP contribution >= 0.6 is 0 Å². The molecule has 0 amide bonds. The third-order valence-corrected chi connectivity index (χ3v) is 2.79. The summed E-state index contributed by atoms with van der Waals surface area (Å²) in [6.07, 6.45) is 2.17. The van der Waals surface area contributed by atoms with E-state index in [0.29, 0.717) is 0 Å². The molecule has 0 spiro atoms. The summed E-state index contributed by atoms with van der Waals surface area (Å²) in [6, 6.07) is 10.3. The number of fused-ring (bicyclic) bond motifs is 3. The lowest BCUT2D eigenvalue weighted by Gasteiger charge is -2.05. The molecule has 1 aromatic carbocycles. The lowest BCUT2D eigenvalue weighted by Crippen LogP contribution is -1.95. The van der Waals surface area contributed by atoms with Crippen LogP contribution in [0.5, 0.6) is 0 Å². The zero-order chi connectivity index (χ0) is 11.0. The fraction of sp³-hybridized carbons (Fsp3) is 0.250. The fourth-order valence-electron chi connectivity index (χ4n) is 2.10. The van der Waals surface area contributed by atoms with Gasteiger partial charge in [-0.3, -0.25) is 0 Å². The molecule has 4 nitrogen and oxygen atoms in total. The molecule has 0 aliphatic rings. The van der Waals surface area contributed by atoms with Crippen molar-refractivity contribution in [3.8, 4) is 0 Å². The Balaban J connectivity index is 2.44. The van der Waals surface area contributed by atoms with E-state index in [4.69, 9.17) is 0 Å². The first-order chi connectivity index (χ1) is 7.90. The van der Waals surface area contributed by atoms with Crippen molar-refractivity contribution in [2.75, 3.05) is 0 Å². The van der Waals surface area contributed by atoms with Crippen molar-refractivity contribution in [2.45, 2.75) is 19.8 Å². The second-order valence-corrected chi connectivity index (χ2v) is 3.89. The minimum absolute atomic E-state index is 0.802. The molecule has 0 aliphatic heterocycles. The van der Waals surface area contributed by atoms with E-state index in [-0.39, 0.29) is 0 Å². The topological polar surface area (TPSA) is 43.1 Å². The van der Waals surface area contributed by atoms with Gasteiger partial charge in [-0.25, -0.2) is 0 Å². The van der Waals surface area contributed by atoms with Crippen LogP contribution in [0.4, 0.5) is 0 Å². The van der Waals surface area contributed by atoms with Crippen LogP contribution < -0.4 is 0 Å². The quantitative estimate of drug-likeness (QED) is 0.654.